The standard InChI is InChI=1S/C16H20N2OS/c19-16(11-4-2-1-3-5-11)6-14-12-8-20-9-13(12)15-7-17-10-18(14)15/h7-11,14,16,19H,1-6H2/t14-,16+/m0/s1. The van der Waals surface area contributed by atoms with E-state index in [2.05, 4.69) is 20.3 Å². The van der Waals surface area contributed by atoms with E-state index in [0.29, 0.717) is 5.92 Å². The zero-order chi connectivity index (χ0) is 13.5. The Bertz CT molecular complexity index is 557. The number of aliphatic hydroxyl groups is 1. The number of rotatable bonds is 3. The summed E-state index contributed by atoms with van der Waals surface area (Å²) >= 11 is 1.75. The minimum absolute atomic E-state index is 0.179. The third-order valence-electron chi connectivity index (χ3n) is 4.99. The molecule has 3 heterocycles. The highest BCUT2D eigenvalue weighted by atomic mass is 32.1. The van der Waals surface area contributed by atoms with Gasteiger partial charge in [-0.15, -0.1) is 0 Å². The summed E-state index contributed by atoms with van der Waals surface area (Å²) in [6.45, 7) is 0. The molecular formula is C16H20N2OS. The van der Waals surface area contributed by atoms with Gasteiger partial charge in [0.25, 0.3) is 0 Å². The van der Waals surface area contributed by atoms with Crippen molar-refractivity contribution in [3.8, 4) is 11.3 Å². The van der Waals surface area contributed by atoms with Gasteiger partial charge in [-0.05, 0) is 36.1 Å². The van der Waals surface area contributed by atoms with Crippen molar-refractivity contribution in [2.45, 2.75) is 50.7 Å². The van der Waals surface area contributed by atoms with E-state index in [1.54, 1.807) is 11.3 Å². The number of fused-ring (bicyclic) bond motifs is 3. The van der Waals surface area contributed by atoms with E-state index in [9.17, 15) is 5.11 Å². The zero-order valence-corrected chi connectivity index (χ0v) is 12.4. The van der Waals surface area contributed by atoms with Crippen LogP contribution >= 0.6 is 11.3 Å². The Morgan fingerprint density at radius 1 is 1.30 bits per heavy atom. The maximum atomic E-state index is 10.6. The van der Waals surface area contributed by atoms with Crippen molar-refractivity contribution in [2.75, 3.05) is 0 Å². The normalized spacial score (nSPS) is 23.6. The van der Waals surface area contributed by atoms with Crippen LogP contribution in [-0.2, 0) is 0 Å². The fourth-order valence-electron chi connectivity index (χ4n) is 3.87. The van der Waals surface area contributed by atoms with Crippen LogP contribution < -0.4 is 0 Å². The van der Waals surface area contributed by atoms with E-state index in [-0.39, 0.29) is 12.1 Å². The van der Waals surface area contributed by atoms with Gasteiger partial charge in [-0.3, -0.25) is 0 Å². The van der Waals surface area contributed by atoms with Gasteiger partial charge >= 0.3 is 0 Å². The number of aromatic nitrogens is 2. The number of nitrogens with zero attached hydrogens (tertiary/aromatic N) is 2. The molecule has 0 spiro atoms. The number of hydrogen-bond acceptors (Lipinski definition) is 3. The van der Waals surface area contributed by atoms with E-state index in [1.807, 2.05) is 12.5 Å². The minimum Gasteiger partial charge on any atom is -0.393 e. The Morgan fingerprint density at radius 2 is 2.15 bits per heavy atom. The Labute approximate surface area is 123 Å². The van der Waals surface area contributed by atoms with Crippen LogP contribution in [0.2, 0.25) is 0 Å². The lowest BCUT2D eigenvalue weighted by molar-refractivity contribution is 0.0687. The second-order valence-corrected chi connectivity index (χ2v) is 6.89. The molecule has 0 aromatic carbocycles. The molecule has 1 saturated carbocycles. The van der Waals surface area contributed by atoms with Crippen molar-refractivity contribution in [1.82, 2.24) is 9.55 Å². The Morgan fingerprint density at radius 3 is 3.00 bits per heavy atom. The lowest BCUT2D eigenvalue weighted by Crippen LogP contribution is -2.26. The van der Waals surface area contributed by atoms with E-state index in [1.165, 1.54) is 48.9 Å². The molecule has 106 valence electrons. The average Bonchev–Trinajstić information content (AvgIpc) is 3.16. The second-order valence-electron chi connectivity index (χ2n) is 6.14. The van der Waals surface area contributed by atoms with Gasteiger partial charge in [0, 0.05) is 10.9 Å². The molecule has 4 rings (SSSR count). The van der Waals surface area contributed by atoms with Crippen LogP contribution in [0.25, 0.3) is 11.3 Å². The topological polar surface area (TPSA) is 38.1 Å². The quantitative estimate of drug-likeness (QED) is 0.931. The maximum Gasteiger partial charge on any atom is 0.0956 e. The van der Waals surface area contributed by atoms with Crippen molar-refractivity contribution in [2.24, 2.45) is 5.92 Å². The molecule has 0 unspecified atom stereocenters. The van der Waals surface area contributed by atoms with Crippen LogP contribution in [0, 0.1) is 5.92 Å². The summed E-state index contributed by atoms with van der Waals surface area (Å²) in [5.74, 6) is 0.499. The monoisotopic (exact) mass is 288 g/mol. The van der Waals surface area contributed by atoms with Gasteiger partial charge in [0.05, 0.1) is 30.4 Å². The van der Waals surface area contributed by atoms with Crippen LogP contribution in [-0.4, -0.2) is 20.8 Å². The first-order valence-corrected chi connectivity index (χ1v) is 8.55. The van der Waals surface area contributed by atoms with Crippen molar-refractivity contribution in [1.29, 1.82) is 0 Å². The highest BCUT2D eigenvalue weighted by Crippen LogP contribution is 2.44. The van der Waals surface area contributed by atoms with Gasteiger partial charge in [-0.2, -0.15) is 11.3 Å². The molecule has 0 saturated heterocycles. The molecule has 3 nitrogen and oxygen atoms in total. The number of hydrogen-bond donors (Lipinski definition) is 1. The molecule has 0 amide bonds. The molecule has 0 bridgehead atoms. The summed E-state index contributed by atoms with van der Waals surface area (Å²) in [5, 5.41) is 15.1. The van der Waals surface area contributed by atoms with Crippen molar-refractivity contribution in [3.63, 3.8) is 0 Å². The van der Waals surface area contributed by atoms with Gasteiger partial charge in [-0.25, -0.2) is 4.98 Å². The van der Waals surface area contributed by atoms with E-state index in [0.717, 1.165) is 6.42 Å². The average molecular weight is 288 g/mol. The summed E-state index contributed by atoms with van der Waals surface area (Å²) in [4.78, 5) is 4.28. The Kier molecular flexibility index (Phi) is 3.15. The molecule has 4 heteroatoms. The molecule has 1 aliphatic carbocycles. The number of aliphatic hydroxyl groups excluding tert-OH is 1. The van der Waals surface area contributed by atoms with Crippen molar-refractivity contribution in [3.05, 3.63) is 28.8 Å². The second kappa shape index (κ2) is 5.01. The summed E-state index contributed by atoms with van der Waals surface area (Å²) in [6, 6.07) is 0.283. The molecular weight excluding hydrogens is 268 g/mol. The smallest absolute Gasteiger partial charge is 0.0956 e. The highest BCUT2D eigenvalue weighted by Gasteiger charge is 2.33. The molecule has 1 N–H and O–H groups in total. The van der Waals surface area contributed by atoms with Gasteiger partial charge < -0.3 is 9.67 Å². The van der Waals surface area contributed by atoms with Crippen molar-refractivity contribution < 1.29 is 5.11 Å². The van der Waals surface area contributed by atoms with E-state index in [4.69, 9.17) is 0 Å². The first-order valence-electron chi connectivity index (χ1n) is 7.61. The lowest BCUT2D eigenvalue weighted by atomic mass is 9.82. The Hall–Kier alpha value is -1.13. The van der Waals surface area contributed by atoms with Gasteiger partial charge in [0.1, 0.15) is 0 Å². The van der Waals surface area contributed by atoms with Crippen LogP contribution in [0.3, 0.4) is 0 Å². The summed E-state index contributed by atoms with van der Waals surface area (Å²) < 4.78 is 2.24. The SMILES string of the molecule is O[C@H](C[C@H]1c2cscc2-c2cncn21)C1CCCCC1. The summed E-state index contributed by atoms with van der Waals surface area (Å²) in [6.07, 6.45) is 10.8. The van der Waals surface area contributed by atoms with E-state index >= 15 is 0 Å². The van der Waals surface area contributed by atoms with Gasteiger partial charge in [0.2, 0.25) is 0 Å². The third kappa shape index (κ3) is 1.93. The van der Waals surface area contributed by atoms with Crippen LogP contribution in [0.4, 0.5) is 0 Å². The molecule has 0 radical (unpaired) electrons. The Balaban J connectivity index is 1.57. The maximum absolute atomic E-state index is 10.6. The molecule has 1 fully saturated rings. The molecule has 20 heavy (non-hydrogen) atoms. The van der Waals surface area contributed by atoms with Crippen LogP contribution in [0.15, 0.2) is 23.3 Å². The van der Waals surface area contributed by atoms with Crippen molar-refractivity contribution >= 4 is 11.3 Å². The summed E-state index contributed by atoms with van der Waals surface area (Å²) in [5.41, 5.74) is 3.90. The fraction of sp³-hybridized carbons (Fsp3) is 0.562. The van der Waals surface area contributed by atoms with Crippen LogP contribution in [0.5, 0.6) is 0 Å². The first-order chi connectivity index (χ1) is 9.84. The van der Waals surface area contributed by atoms with Crippen LogP contribution in [0.1, 0.15) is 50.1 Å². The highest BCUT2D eigenvalue weighted by molar-refractivity contribution is 7.08. The minimum atomic E-state index is -0.179. The summed E-state index contributed by atoms with van der Waals surface area (Å²) in [7, 11) is 0. The predicted octanol–water partition coefficient (Wildman–Crippen LogP) is 3.85. The lowest BCUT2D eigenvalue weighted by Gasteiger charge is -2.28. The van der Waals surface area contributed by atoms with E-state index < -0.39 is 0 Å². The molecule has 2 aromatic heterocycles. The largest absolute Gasteiger partial charge is 0.393 e. The van der Waals surface area contributed by atoms with Gasteiger partial charge in [0.15, 0.2) is 0 Å². The molecule has 2 atom stereocenters. The zero-order valence-electron chi connectivity index (χ0n) is 11.5. The first kappa shape index (κ1) is 12.6. The number of thiophene rings is 1. The number of imidazole rings is 1. The van der Waals surface area contributed by atoms with Gasteiger partial charge in [-0.1, -0.05) is 19.3 Å². The predicted molar refractivity (Wildman–Crippen MR) is 80.9 cm³/mol. The molecule has 1 aliphatic heterocycles. The third-order valence-corrected chi connectivity index (χ3v) is 5.75. The fourth-order valence-corrected chi connectivity index (χ4v) is 4.76. The molecule has 2 aromatic rings. The molecule has 2 aliphatic rings.